The summed E-state index contributed by atoms with van der Waals surface area (Å²) in [7, 11) is 4.22. The first-order chi connectivity index (χ1) is 8.43. The normalized spacial score (nSPS) is 13.9. The van der Waals surface area contributed by atoms with Crippen molar-refractivity contribution in [1.82, 2.24) is 15.2 Å². The second kappa shape index (κ2) is 6.86. The summed E-state index contributed by atoms with van der Waals surface area (Å²) < 4.78 is 0. The Labute approximate surface area is 112 Å². The molecule has 1 aromatic heterocycles. The van der Waals surface area contributed by atoms with Gasteiger partial charge in [-0.25, -0.2) is 0 Å². The number of rotatable bonds is 6. The van der Waals surface area contributed by atoms with Gasteiger partial charge in [0.1, 0.15) is 0 Å². The number of hydrogen-bond donors (Lipinski definition) is 1. The molecular formula is C15H27N3. The second-order valence-electron chi connectivity index (χ2n) is 6.04. The molecule has 0 saturated heterocycles. The van der Waals surface area contributed by atoms with Crippen molar-refractivity contribution in [2.24, 2.45) is 5.41 Å². The average molecular weight is 249 g/mol. The van der Waals surface area contributed by atoms with Crippen LogP contribution in [0.2, 0.25) is 0 Å². The highest BCUT2D eigenvalue weighted by Gasteiger charge is 2.23. The molecule has 0 bridgehead atoms. The van der Waals surface area contributed by atoms with Gasteiger partial charge in [-0.05, 0) is 31.6 Å². The minimum atomic E-state index is 0.286. The Kier molecular flexibility index (Phi) is 5.76. The molecule has 3 nitrogen and oxygen atoms in total. The summed E-state index contributed by atoms with van der Waals surface area (Å²) in [5.41, 5.74) is 1.45. The summed E-state index contributed by atoms with van der Waals surface area (Å²) in [5, 5.41) is 3.41. The van der Waals surface area contributed by atoms with Crippen molar-refractivity contribution in [3.05, 3.63) is 30.1 Å². The Morgan fingerprint density at radius 2 is 2.06 bits per heavy atom. The maximum atomic E-state index is 4.36. The molecule has 102 valence electrons. The van der Waals surface area contributed by atoms with E-state index in [4.69, 9.17) is 0 Å². The molecule has 0 aliphatic carbocycles. The number of hydrogen-bond acceptors (Lipinski definition) is 3. The summed E-state index contributed by atoms with van der Waals surface area (Å²) in [6.45, 7) is 8.94. The molecular weight excluding hydrogens is 222 g/mol. The number of aromatic nitrogens is 1. The first-order valence-electron chi connectivity index (χ1n) is 6.69. The van der Waals surface area contributed by atoms with Gasteiger partial charge in [0.25, 0.3) is 0 Å². The highest BCUT2D eigenvalue weighted by Crippen LogP contribution is 2.19. The molecule has 3 heteroatoms. The fourth-order valence-corrected chi connectivity index (χ4v) is 2.05. The zero-order valence-electron chi connectivity index (χ0n) is 12.4. The molecule has 0 aromatic carbocycles. The summed E-state index contributed by atoms with van der Waals surface area (Å²) >= 11 is 0. The highest BCUT2D eigenvalue weighted by atomic mass is 15.1. The van der Waals surface area contributed by atoms with Gasteiger partial charge in [0.2, 0.25) is 0 Å². The predicted octanol–water partition coefficient (Wildman–Crippen LogP) is 2.19. The van der Waals surface area contributed by atoms with Gasteiger partial charge in [0.05, 0.1) is 0 Å². The molecule has 0 radical (unpaired) electrons. The molecule has 1 heterocycles. The Hall–Kier alpha value is -0.930. The summed E-state index contributed by atoms with van der Waals surface area (Å²) in [4.78, 5) is 6.73. The molecule has 0 saturated carbocycles. The Morgan fingerprint density at radius 1 is 1.33 bits per heavy atom. The lowest BCUT2D eigenvalue weighted by atomic mass is 9.86. The fourth-order valence-electron chi connectivity index (χ4n) is 2.05. The van der Waals surface area contributed by atoms with Gasteiger partial charge in [-0.1, -0.05) is 26.8 Å². The molecule has 0 fully saturated rings. The van der Waals surface area contributed by atoms with E-state index in [2.05, 4.69) is 49.1 Å². The van der Waals surface area contributed by atoms with Crippen LogP contribution in [0.15, 0.2) is 24.4 Å². The zero-order chi connectivity index (χ0) is 13.6. The molecule has 18 heavy (non-hydrogen) atoms. The first-order valence-corrected chi connectivity index (χ1v) is 6.69. The second-order valence-corrected chi connectivity index (χ2v) is 6.04. The molecule has 0 amide bonds. The third-order valence-corrected chi connectivity index (χ3v) is 3.36. The third kappa shape index (κ3) is 5.15. The minimum Gasteiger partial charge on any atom is -0.315 e. The molecule has 1 rings (SSSR count). The van der Waals surface area contributed by atoms with Crippen molar-refractivity contribution in [3.8, 4) is 0 Å². The molecule has 0 aliphatic rings. The predicted molar refractivity (Wildman–Crippen MR) is 77.7 cm³/mol. The topological polar surface area (TPSA) is 28.2 Å². The van der Waals surface area contributed by atoms with Gasteiger partial charge < -0.3 is 10.2 Å². The number of nitrogens with zero attached hydrogens (tertiary/aromatic N) is 2. The fraction of sp³-hybridized carbons (Fsp3) is 0.667. The van der Waals surface area contributed by atoms with Gasteiger partial charge in [-0.2, -0.15) is 0 Å². The average Bonchev–Trinajstić information content (AvgIpc) is 2.33. The lowest BCUT2D eigenvalue weighted by Crippen LogP contribution is -2.46. The van der Waals surface area contributed by atoms with Crippen LogP contribution in [-0.2, 0) is 6.42 Å². The molecule has 1 aromatic rings. The molecule has 1 atom stereocenters. The first kappa shape index (κ1) is 15.1. The van der Waals surface area contributed by atoms with Crippen LogP contribution in [0.1, 0.15) is 26.5 Å². The van der Waals surface area contributed by atoms with Gasteiger partial charge in [0.15, 0.2) is 0 Å². The molecule has 0 aliphatic heterocycles. The Balaban J connectivity index is 2.39. The van der Waals surface area contributed by atoms with Gasteiger partial charge in [-0.15, -0.1) is 0 Å². The lowest BCUT2D eigenvalue weighted by Gasteiger charge is -2.33. The zero-order valence-corrected chi connectivity index (χ0v) is 12.4. The van der Waals surface area contributed by atoms with Crippen LogP contribution < -0.4 is 5.32 Å². The standard InChI is InChI=1S/C15H27N3/c1-15(2,3)14(16-4)12-18(5)11-9-13-8-6-7-10-17-13/h6-8,10,14,16H,9,11-12H2,1-5H3. The quantitative estimate of drug-likeness (QED) is 0.837. The monoisotopic (exact) mass is 249 g/mol. The van der Waals surface area contributed by atoms with Crippen LogP contribution in [0, 0.1) is 5.41 Å². The van der Waals surface area contributed by atoms with E-state index in [1.165, 1.54) is 5.69 Å². The van der Waals surface area contributed by atoms with Crippen molar-refractivity contribution in [3.63, 3.8) is 0 Å². The Morgan fingerprint density at radius 3 is 2.56 bits per heavy atom. The van der Waals surface area contributed by atoms with E-state index in [0.717, 1.165) is 19.5 Å². The van der Waals surface area contributed by atoms with E-state index >= 15 is 0 Å². The van der Waals surface area contributed by atoms with Crippen molar-refractivity contribution >= 4 is 0 Å². The smallest absolute Gasteiger partial charge is 0.0416 e. The van der Waals surface area contributed by atoms with Gasteiger partial charge in [-0.3, -0.25) is 4.98 Å². The van der Waals surface area contributed by atoms with E-state index < -0.39 is 0 Å². The lowest BCUT2D eigenvalue weighted by molar-refractivity contribution is 0.203. The van der Waals surface area contributed by atoms with Crippen molar-refractivity contribution in [1.29, 1.82) is 0 Å². The van der Waals surface area contributed by atoms with E-state index in [1.54, 1.807) is 0 Å². The van der Waals surface area contributed by atoms with E-state index in [0.29, 0.717) is 6.04 Å². The number of nitrogens with one attached hydrogen (secondary N) is 1. The Bertz CT molecular complexity index is 329. The number of pyridine rings is 1. The van der Waals surface area contributed by atoms with E-state index in [9.17, 15) is 0 Å². The van der Waals surface area contributed by atoms with Crippen molar-refractivity contribution < 1.29 is 0 Å². The SMILES string of the molecule is CNC(CN(C)CCc1ccccn1)C(C)(C)C. The van der Waals surface area contributed by atoms with E-state index in [-0.39, 0.29) is 5.41 Å². The minimum absolute atomic E-state index is 0.286. The van der Waals surface area contributed by atoms with E-state index in [1.807, 2.05) is 25.4 Å². The van der Waals surface area contributed by atoms with Gasteiger partial charge >= 0.3 is 0 Å². The maximum Gasteiger partial charge on any atom is 0.0416 e. The van der Waals surface area contributed by atoms with Crippen molar-refractivity contribution in [2.45, 2.75) is 33.2 Å². The van der Waals surface area contributed by atoms with Crippen LogP contribution in [0.4, 0.5) is 0 Å². The molecule has 1 unspecified atom stereocenters. The van der Waals surface area contributed by atoms with Crippen LogP contribution in [-0.4, -0.2) is 43.1 Å². The largest absolute Gasteiger partial charge is 0.315 e. The summed E-state index contributed by atoms with van der Waals surface area (Å²) in [5.74, 6) is 0. The molecule has 1 N–H and O–H groups in total. The summed E-state index contributed by atoms with van der Waals surface area (Å²) in [6, 6.07) is 6.61. The third-order valence-electron chi connectivity index (χ3n) is 3.36. The van der Waals surface area contributed by atoms with Crippen LogP contribution in [0.3, 0.4) is 0 Å². The maximum absolute atomic E-state index is 4.36. The van der Waals surface area contributed by atoms with Crippen LogP contribution in [0.25, 0.3) is 0 Å². The highest BCUT2D eigenvalue weighted by molar-refractivity contribution is 5.03. The summed E-state index contributed by atoms with van der Waals surface area (Å²) in [6.07, 6.45) is 2.87. The van der Waals surface area contributed by atoms with Gasteiger partial charge in [0, 0.05) is 37.4 Å². The van der Waals surface area contributed by atoms with Crippen molar-refractivity contribution in [2.75, 3.05) is 27.2 Å². The van der Waals surface area contributed by atoms with Crippen LogP contribution in [0.5, 0.6) is 0 Å². The molecule has 0 spiro atoms. The van der Waals surface area contributed by atoms with Crippen LogP contribution >= 0.6 is 0 Å². The number of likely N-dealkylation sites (N-methyl/N-ethyl adjacent to an activating group) is 2.